The van der Waals surface area contributed by atoms with Gasteiger partial charge in [-0.1, -0.05) is 30.3 Å². The lowest BCUT2D eigenvalue weighted by atomic mass is 10.1. The highest BCUT2D eigenvalue weighted by molar-refractivity contribution is 7.09. The predicted octanol–water partition coefficient (Wildman–Crippen LogP) is 3.51. The Morgan fingerprint density at radius 2 is 2.14 bits per heavy atom. The Hall–Kier alpha value is -2.07. The number of thiophene rings is 1. The normalized spacial score (nSPS) is 10.1. The number of benzene rings is 1. The number of rotatable bonds is 7. The molecule has 110 valence electrons. The van der Waals surface area contributed by atoms with Gasteiger partial charge >= 0.3 is 0 Å². The Morgan fingerprint density at radius 1 is 1.33 bits per heavy atom. The van der Waals surface area contributed by atoms with Gasteiger partial charge in [-0.25, -0.2) is 0 Å². The average Bonchev–Trinajstić information content (AvgIpc) is 3.00. The van der Waals surface area contributed by atoms with Crippen molar-refractivity contribution in [2.75, 3.05) is 13.7 Å². The average molecular weight is 301 g/mol. The van der Waals surface area contributed by atoms with Crippen LogP contribution in [-0.4, -0.2) is 24.5 Å². The van der Waals surface area contributed by atoms with E-state index in [1.54, 1.807) is 24.5 Å². The van der Waals surface area contributed by atoms with Crippen LogP contribution in [0.5, 0.6) is 5.75 Å². The largest absolute Gasteiger partial charge is 0.496 e. The minimum Gasteiger partial charge on any atom is -0.496 e. The number of amides is 1. The van der Waals surface area contributed by atoms with Crippen LogP contribution in [0.15, 0.2) is 54.4 Å². The van der Waals surface area contributed by atoms with Crippen LogP contribution in [0.2, 0.25) is 0 Å². The summed E-state index contributed by atoms with van der Waals surface area (Å²) in [6, 6.07) is 11.7. The van der Waals surface area contributed by atoms with Gasteiger partial charge in [0, 0.05) is 17.0 Å². The summed E-state index contributed by atoms with van der Waals surface area (Å²) in [5.41, 5.74) is 0.908. The van der Waals surface area contributed by atoms with Crippen LogP contribution in [0.1, 0.15) is 10.4 Å². The zero-order valence-corrected chi connectivity index (χ0v) is 12.9. The first kappa shape index (κ1) is 15.3. The van der Waals surface area contributed by atoms with Gasteiger partial charge in [0.15, 0.2) is 0 Å². The molecule has 1 heterocycles. The molecule has 0 atom stereocenters. The molecule has 4 heteroatoms. The number of nitrogens with zero attached hydrogens (tertiary/aromatic N) is 1. The van der Waals surface area contributed by atoms with E-state index >= 15 is 0 Å². The molecule has 0 spiro atoms. The summed E-state index contributed by atoms with van der Waals surface area (Å²) < 4.78 is 5.30. The summed E-state index contributed by atoms with van der Waals surface area (Å²) in [7, 11) is 1.62. The Balaban J connectivity index is 2.09. The van der Waals surface area contributed by atoms with Crippen LogP contribution in [0.25, 0.3) is 0 Å². The molecule has 0 radical (unpaired) electrons. The Morgan fingerprint density at radius 3 is 2.81 bits per heavy atom. The number of hydrogen-bond acceptors (Lipinski definition) is 3. The minimum absolute atomic E-state index is 0.0767. The molecule has 0 saturated heterocycles. The van der Waals surface area contributed by atoms with Gasteiger partial charge in [0.05, 0.1) is 20.1 Å². The van der Waals surface area contributed by atoms with Crippen LogP contribution < -0.4 is 4.74 Å². The van der Waals surface area contributed by atoms with Gasteiger partial charge in [-0.05, 0) is 17.5 Å². The van der Waals surface area contributed by atoms with Gasteiger partial charge in [-0.3, -0.25) is 4.79 Å². The van der Waals surface area contributed by atoms with E-state index < -0.39 is 0 Å². The van der Waals surface area contributed by atoms with Crippen LogP contribution >= 0.6 is 11.3 Å². The highest BCUT2D eigenvalue weighted by Gasteiger charge is 2.15. The predicted molar refractivity (Wildman–Crippen MR) is 86.6 cm³/mol. The number of carbonyl (C=O) groups excluding carboxylic acids is 1. The van der Waals surface area contributed by atoms with E-state index in [0.29, 0.717) is 19.5 Å². The van der Waals surface area contributed by atoms with E-state index in [4.69, 9.17) is 4.74 Å². The van der Waals surface area contributed by atoms with E-state index in [-0.39, 0.29) is 5.91 Å². The Labute approximate surface area is 129 Å². The number of methoxy groups -OCH3 is 1. The maximum Gasteiger partial charge on any atom is 0.227 e. The zero-order valence-electron chi connectivity index (χ0n) is 12.1. The highest BCUT2D eigenvalue weighted by atomic mass is 32.1. The standard InChI is InChI=1S/C17H19NO2S/c1-3-10-18(13-15-8-6-11-21-15)17(19)12-14-7-4-5-9-16(14)20-2/h3-9,11H,1,10,12-13H2,2H3. The van der Waals surface area contributed by atoms with Crippen molar-refractivity contribution < 1.29 is 9.53 Å². The lowest BCUT2D eigenvalue weighted by molar-refractivity contribution is -0.130. The SMILES string of the molecule is C=CCN(Cc1cccs1)C(=O)Cc1ccccc1OC. The molecule has 2 aromatic rings. The van der Waals surface area contributed by atoms with Crippen LogP contribution in [0, 0.1) is 0 Å². The van der Waals surface area contributed by atoms with Gasteiger partial charge in [-0.15, -0.1) is 17.9 Å². The molecule has 0 fully saturated rings. The van der Waals surface area contributed by atoms with Gasteiger partial charge < -0.3 is 9.64 Å². The van der Waals surface area contributed by atoms with Crippen LogP contribution in [0.3, 0.4) is 0 Å². The van der Waals surface area contributed by atoms with Crippen molar-refractivity contribution in [3.8, 4) is 5.75 Å². The van der Waals surface area contributed by atoms with E-state index in [1.807, 2.05) is 46.7 Å². The fourth-order valence-corrected chi connectivity index (χ4v) is 2.84. The second-order valence-electron chi connectivity index (χ2n) is 4.63. The van der Waals surface area contributed by atoms with Gasteiger partial charge in [0.1, 0.15) is 5.75 Å². The van der Waals surface area contributed by atoms with Crippen molar-refractivity contribution in [1.29, 1.82) is 0 Å². The maximum atomic E-state index is 12.5. The molecule has 1 aromatic heterocycles. The number of hydrogen-bond donors (Lipinski definition) is 0. The fourth-order valence-electron chi connectivity index (χ4n) is 2.12. The molecule has 0 unspecified atom stereocenters. The molecule has 0 bridgehead atoms. The van der Waals surface area contributed by atoms with Crippen molar-refractivity contribution in [1.82, 2.24) is 4.90 Å². The van der Waals surface area contributed by atoms with E-state index in [9.17, 15) is 4.79 Å². The monoisotopic (exact) mass is 301 g/mol. The summed E-state index contributed by atoms with van der Waals surface area (Å²) >= 11 is 1.66. The first-order valence-electron chi connectivity index (χ1n) is 6.77. The van der Waals surface area contributed by atoms with E-state index in [0.717, 1.165) is 11.3 Å². The number of carbonyl (C=O) groups is 1. The summed E-state index contributed by atoms with van der Waals surface area (Å²) in [6.45, 7) is 4.91. The summed E-state index contributed by atoms with van der Waals surface area (Å²) in [6.07, 6.45) is 2.09. The molecule has 2 rings (SSSR count). The fraction of sp³-hybridized carbons (Fsp3) is 0.235. The molecule has 0 saturated carbocycles. The van der Waals surface area contributed by atoms with Crippen molar-refractivity contribution in [2.45, 2.75) is 13.0 Å². The molecule has 0 aliphatic carbocycles. The molecule has 0 aliphatic heterocycles. The van der Waals surface area contributed by atoms with Crippen molar-refractivity contribution in [3.05, 3.63) is 64.9 Å². The molecule has 0 aliphatic rings. The molecule has 3 nitrogen and oxygen atoms in total. The first-order valence-corrected chi connectivity index (χ1v) is 7.65. The van der Waals surface area contributed by atoms with Crippen molar-refractivity contribution in [3.63, 3.8) is 0 Å². The first-order chi connectivity index (χ1) is 10.2. The second kappa shape index (κ2) is 7.64. The lowest BCUT2D eigenvalue weighted by Gasteiger charge is -2.21. The quantitative estimate of drug-likeness (QED) is 0.732. The van der Waals surface area contributed by atoms with Crippen LogP contribution in [-0.2, 0) is 17.8 Å². The van der Waals surface area contributed by atoms with Gasteiger partial charge in [0.25, 0.3) is 0 Å². The topological polar surface area (TPSA) is 29.5 Å². The minimum atomic E-state index is 0.0767. The van der Waals surface area contributed by atoms with Crippen molar-refractivity contribution in [2.24, 2.45) is 0 Å². The molecular weight excluding hydrogens is 282 g/mol. The highest BCUT2D eigenvalue weighted by Crippen LogP contribution is 2.19. The molecule has 0 N–H and O–H groups in total. The third-order valence-electron chi connectivity index (χ3n) is 3.16. The lowest BCUT2D eigenvalue weighted by Crippen LogP contribution is -2.31. The molecular formula is C17H19NO2S. The third kappa shape index (κ3) is 4.20. The number of ether oxygens (including phenoxy) is 1. The van der Waals surface area contributed by atoms with E-state index in [2.05, 4.69) is 6.58 Å². The molecule has 21 heavy (non-hydrogen) atoms. The van der Waals surface area contributed by atoms with Gasteiger partial charge in [-0.2, -0.15) is 0 Å². The summed E-state index contributed by atoms with van der Waals surface area (Å²) in [5.74, 6) is 0.827. The number of para-hydroxylation sites is 1. The molecule has 1 aromatic carbocycles. The van der Waals surface area contributed by atoms with Gasteiger partial charge in [0.2, 0.25) is 5.91 Å². The second-order valence-corrected chi connectivity index (χ2v) is 5.66. The Bertz CT molecular complexity index is 593. The van der Waals surface area contributed by atoms with Crippen LogP contribution in [0.4, 0.5) is 0 Å². The summed E-state index contributed by atoms with van der Waals surface area (Å²) in [4.78, 5) is 15.5. The van der Waals surface area contributed by atoms with Crippen molar-refractivity contribution >= 4 is 17.2 Å². The third-order valence-corrected chi connectivity index (χ3v) is 4.02. The summed E-state index contributed by atoms with van der Waals surface area (Å²) in [5, 5.41) is 2.02. The zero-order chi connectivity index (χ0) is 15.1. The maximum absolute atomic E-state index is 12.5. The van der Waals surface area contributed by atoms with E-state index in [1.165, 1.54) is 4.88 Å². The smallest absolute Gasteiger partial charge is 0.227 e. The Kier molecular flexibility index (Phi) is 5.58. The molecule has 1 amide bonds.